The summed E-state index contributed by atoms with van der Waals surface area (Å²) in [4.78, 5) is 29.2. The molecule has 3 rings (SSSR count). The molecule has 2 heterocycles. The van der Waals surface area contributed by atoms with Gasteiger partial charge in [0.1, 0.15) is 12.3 Å². The predicted octanol–water partition coefficient (Wildman–Crippen LogP) is 3.57. The molecular weight excluding hydrogens is 342 g/mol. The van der Waals surface area contributed by atoms with Crippen molar-refractivity contribution in [2.24, 2.45) is 0 Å². The van der Waals surface area contributed by atoms with Gasteiger partial charge in [-0.15, -0.1) is 0 Å². The van der Waals surface area contributed by atoms with Gasteiger partial charge in [-0.2, -0.15) is 0 Å². The molecule has 0 spiro atoms. The molecule has 0 amide bonds. The van der Waals surface area contributed by atoms with Gasteiger partial charge in [0.05, 0.1) is 11.3 Å². The summed E-state index contributed by atoms with van der Waals surface area (Å²) in [6.45, 7) is 4.74. The lowest BCUT2D eigenvalue weighted by Crippen LogP contribution is -2.17. The van der Waals surface area contributed by atoms with Gasteiger partial charge in [-0.25, -0.2) is 9.78 Å². The number of esters is 1. The quantitative estimate of drug-likeness (QED) is 0.512. The fraction of sp³-hybridized carbons (Fsp3) is 0.286. The summed E-state index contributed by atoms with van der Waals surface area (Å²) < 4.78 is 6.90. The molecule has 0 saturated heterocycles. The van der Waals surface area contributed by atoms with E-state index in [9.17, 15) is 9.59 Å². The summed E-state index contributed by atoms with van der Waals surface area (Å²) in [7, 11) is 0. The van der Waals surface area contributed by atoms with Crippen molar-refractivity contribution in [1.29, 1.82) is 0 Å². The Morgan fingerprint density at radius 2 is 2.04 bits per heavy atom. The molecule has 0 saturated carbocycles. The number of nitrogens with zero attached hydrogens (tertiary/aromatic N) is 2. The smallest absolute Gasteiger partial charge is 0.340 e. The third kappa shape index (κ3) is 4.34. The SMILES string of the molecule is CCCCNc1ccccc1C(=O)OCc1cc(=O)n2cccc(C)c2n1. The molecule has 140 valence electrons. The van der Waals surface area contributed by atoms with Crippen molar-refractivity contribution >= 4 is 17.3 Å². The number of para-hydroxylation sites is 1. The highest BCUT2D eigenvalue weighted by Crippen LogP contribution is 2.17. The number of unbranched alkanes of at least 4 members (excludes halogenated alkanes) is 1. The van der Waals surface area contributed by atoms with E-state index in [1.54, 1.807) is 24.4 Å². The van der Waals surface area contributed by atoms with Crippen molar-refractivity contribution < 1.29 is 9.53 Å². The maximum Gasteiger partial charge on any atom is 0.340 e. The fourth-order valence-corrected chi connectivity index (χ4v) is 2.82. The number of carbonyl (C=O) groups excluding carboxylic acids is 1. The van der Waals surface area contributed by atoms with Crippen LogP contribution in [0.15, 0.2) is 53.5 Å². The molecule has 0 fully saturated rings. The molecule has 2 aromatic heterocycles. The minimum Gasteiger partial charge on any atom is -0.456 e. The lowest BCUT2D eigenvalue weighted by Gasteiger charge is -2.11. The summed E-state index contributed by atoms with van der Waals surface area (Å²) in [5.74, 6) is -0.443. The van der Waals surface area contributed by atoms with Crippen LogP contribution in [0.3, 0.4) is 0 Å². The Morgan fingerprint density at radius 1 is 1.22 bits per heavy atom. The number of hydrogen-bond acceptors (Lipinski definition) is 5. The molecule has 27 heavy (non-hydrogen) atoms. The highest BCUT2D eigenvalue weighted by Gasteiger charge is 2.13. The first-order valence-corrected chi connectivity index (χ1v) is 9.08. The minimum absolute atomic E-state index is 0.0534. The van der Waals surface area contributed by atoms with Crippen molar-refractivity contribution in [3.63, 3.8) is 0 Å². The van der Waals surface area contributed by atoms with Gasteiger partial charge in [0.15, 0.2) is 0 Å². The van der Waals surface area contributed by atoms with Crippen LogP contribution in [-0.4, -0.2) is 21.9 Å². The van der Waals surface area contributed by atoms with E-state index in [4.69, 9.17) is 4.74 Å². The van der Waals surface area contributed by atoms with Crippen LogP contribution in [-0.2, 0) is 11.3 Å². The third-order valence-electron chi connectivity index (χ3n) is 4.28. The van der Waals surface area contributed by atoms with Gasteiger partial charge in [0.25, 0.3) is 5.56 Å². The Balaban J connectivity index is 1.76. The van der Waals surface area contributed by atoms with E-state index in [1.165, 1.54) is 10.5 Å². The first kappa shape index (κ1) is 18.6. The van der Waals surface area contributed by atoms with E-state index in [1.807, 2.05) is 25.1 Å². The van der Waals surface area contributed by atoms with Crippen LogP contribution in [0.25, 0.3) is 5.65 Å². The Morgan fingerprint density at radius 3 is 2.85 bits per heavy atom. The standard InChI is InChI=1S/C21H23N3O3/c1-3-4-11-22-18-10-6-5-9-17(18)21(26)27-14-16-13-19(25)24-12-7-8-15(2)20(24)23-16/h5-10,12-13,22H,3-4,11,14H2,1-2H3. The number of pyridine rings is 1. The van der Waals surface area contributed by atoms with E-state index in [0.29, 0.717) is 16.9 Å². The van der Waals surface area contributed by atoms with Gasteiger partial charge in [-0.05, 0) is 37.1 Å². The normalized spacial score (nSPS) is 10.7. The number of carbonyl (C=O) groups is 1. The van der Waals surface area contributed by atoms with Gasteiger partial charge in [0, 0.05) is 24.5 Å². The number of hydrogen-bond donors (Lipinski definition) is 1. The zero-order valence-electron chi connectivity index (χ0n) is 15.6. The number of benzene rings is 1. The van der Waals surface area contributed by atoms with Crippen LogP contribution < -0.4 is 10.9 Å². The number of nitrogens with one attached hydrogen (secondary N) is 1. The van der Waals surface area contributed by atoms with E-state index in [0.717, 1.165) is 30.6 Å². The summed E-state index contributed by atoms with van der Waals surface area (Å²) >= 11 is 0. The first-order valence-electron chi connectivity index (χ1n) is 9.08. The van der Waals surface area contributed by atoms with E-state index in [-0.39, 0.29) is 12.2 Å². The van der Waals surface area contributed by atoms with Crippen LogP contribution in [0, 0.1) is 6.92 Å². The number of fused-ring (bicyclic) bond motifs is 1. The second-order valence-corrected chi connectivity index (χ2v) is 6.37. The molecule has 1 aromatic carbocycles. The Bertz CT molecular complexity index is 1010. The minimum atomic E-state index is -0.443. The predicted molar refractivity (Wildman–Crippen MR) is 105 cm³/mol. The summed E-state index contributed by atoms with van der Waals surface area (Å²) in [6, 6.07) is 12.3. The van der Waals surface area contributed by atoms with Gasteiger partial charge in [-0.1, -0.05) is 31.5 Å². The molecule has 6 nitrogen and oxygen atoms in total. The molecule has 0 unspecified atom stereocenters. The molecule has 0 atom stereocenters. The number of rotatable bonds is 7. The summed E-state index contributed by atoms with van der Waals surface area (Å²) in [5.41, 5.74) is 2.90. The zero-order valence-corrected chi connectivity index (χ0v) is 15.6. The number of anilines is 1. The maximum absolute atomic E-state index is 12.5. The Kier molecular flexibility index (Phi) is 5.86. The fourth-order valence-electron chi connectivity index (χ4n) is 2.82. The van der Waals surface area contributed by atoms with Crippen LogP contribution in [0.5, 0.6) is 0 Å². The van der Waals surface area contributed by atoms with Gasteiger partial charge < -0.3 is 10.1 Å². The highest BCUT2D eigenvalue weighted by atomic mass is 16.5. The van der Waals surface area contributed by atoms with E-state index < -0.39 is 5.97 Å². The van der Waals surface area contributed by atoms with E-state index in [2.05, 4.69) is 17.2 Å². The molecule has 0 bridgehead atoms. The Labute approximate surface area is 157 Å². The Hall–Kier alpha value is -3.15. The van der Waals surface area contributed by atoms with Crippen LogP contribution in [0.1, 0.15) is 41.4 Å². The van der Waals surface area contributed by atoms with Crippen molar-refractivity contribution in [3.05, 3.63) is 75.8 Å². The number of aromatic nitrogens is 2. The molecule has 1 N–H and O–H groups in total. The molecule has 6 heteroatoms. The van der Waals surface area contributed by atoms with Crippen molar-refractivity contribution in [3.8, 4) is 0 Å². The van der Waals surface area contributed by atoms with E-state index >= 15 is 0 Å². The van der Waals surface area contributed by atoms with Gasteiger partial charge in [0.2, 0.25) is 0 Å². The molecule has 0 aliphatic heterocycles. The van der Waals surface area contributed by atoms with Crippen molar-refractivity contribution in [2.45, 2.75) is 33.3 Å². The molecule has 0 aliphatic carbocycles. The van der Waals surface area contributed by atoms with Crippen LogP contribution >= 0.6 is 0 Å². The van der Waals surface area contributed by atoms with Crippen LogP contribution in [0.2, 0.25) is 0 Å². The second-order valence-electron chi connectivity index (χ2n) is 6.37. The number of aryl methyl sites for hydroxylation is 1. The number of ether oxygens (including phenoxy) is 1. The average Bonchev–Trinajstić information content (AvgIpc) is 2.67. The topological polar surface area (TPSA) is 72.7 Å². The van der Waals surface area contributed by atoms with Gasteiger partial charge in [-0.3, -0.25) is 9.20 Å². The third-order valence-corrected chi connectivity index (χ3v) is 4.28. The van der Waals surface area contributed by atoms with Crippen LogP contribution in [0.4, 0.5) is 5.69 Å². The van der Waals surface area contributed by atoms with Crippen molar-refractivity contribution in [1.82, 2.24) is 9.38 Å². The monoisotopic (exact) mass is 365 g/mol. The molecule has 3 aromatic rings. The van der Waals surface area contributed by atoms with Crippen molar-refractivity contribution in [2.75, 3.05) is 11.9 Å². The second kappa shape index (κ2) is 8.49. The average molecular weight is 365 g/mol. The largest absolute Gasteiger partial charge is 0.456 e. The lowest BCUT2D eigenvalue weighted by molar-refractivity contribution is 0.0469. The first-order chi connectivity index (χ1) is 13.1. The molecule has 0 aliphatic rings. The highest BCUT2D eigenvalue weighted by molar-refractivity contribution is 5.95. The maximum atomic E-state index is 12.5. The summed E-state index contributed by atoms with van der Waals surface area (Å²) in [5, 5.41) is 3.26. The molecule has 0 radical (unpaired) electrons. The lowest BCUT2D eigenvalue weighted by atomic mass is 10.1. The van der Waals surface area contributed by atoms with Gasteiger partial charge >= 0.3 is 5.97 Å². The zero-order chi connectivity index (χ0) is 19.2. The molecular formula is C21H23N3O3. The summed E-state index contributed by atoms with van der Waals surface area (Å²) in [6.07, 6.45) is 3.77.